The molecule has 0 amide bonds. The summed E-state index contributed by atoms with van der Waals surface area (Å²) in [7, 11) is 0. The molecule has 1 nitrogen and oxygen atoms in total. The summed E-state index contributed by atoms with van der Waals surface area (Å²) in [6.45, 7) is 4.65. The van der Waals surface area contributed by atoms with Gasteiger partial charge < -0.3 is 4.57 Å². The predicted molar refractivity (Wildman–Crippen MR) is 110 cm³/mol. The molecule has 3 heteroatoms. The smallest absolute Gasteiger partial charge is 0.0650 e. The lowest BCUT2D eigenvalue weighted by molar-refractivity contribution is 0.867. The van der Waals surface area contributed by atoms with Crippen molar-refractivity contribution in [2.45, 2.75) is 6.54 Å². The highest BCUT2D eigenvalue weighted by molar-refractivity contribution is 9.13. The quantitative estimate of drug-likeness (QED) is 0.322. The summed E-state index contributed by atoms with van der Waals surface area (Å²) in [5.74, 6) is 0. The van der Waals surface area contributed by atoms with Gasteiger partial charge in [0, 0.05) is 27.3 Å². The van der Waals surface area contributed by atoms with Crippen LogP contribution in [0.4, 0.5) is 0 Å². The van der Waals surface area contributed by atoms with Gasteiger partial charge >= 0.3 is 0 Å². The van der Waals surface area contributed by atoms with Gasteiger partial charge in [0.1, 0.15) is 0 Å². The van der Waals surface area contributed by atoms with Gasteiger partial charge in [0.2, 0.25) is 0 Å². The van der Waals surface area contributed by atoms with E-state index in [1.54, 1.807) is 0 Å². The molecule has 4 rings (SSSR count). The van der Waals surface area contributed by atoms with E-state index in [9.17, 15) is 0 Å². The highest BCUT2D eigenvalue weighted by Crippen LogP contribution is 2.38. The first-order chi connectivity index (χ1) is 11.7. The van der Waals surface area contributed by atoms with Crippen LogP contribution in [0.25, 0.3) is 27.9 Å². The topological polar surface area (TPSA) is 4.93 Å². The minimum atomic E-state index is 0.830. The molecule has 3 aromatic carbocycles. The first-order valence-electron chi connectivity index (χ1n) is 7.75. The fraction of sp³-hybridized carbons (Fsp3) is 0.0476. The number of aromatic nitrogens is 1. The lowest BCUT2D eigenvalue weighted by Gasteiger charge is -2.10. The van der Waals surface area contributed by atoms with Gasteiger partial charge in [-0.1, -0.05) is 61.2 Å². The van der Waals surface area contributed by atoms with Crippen molar-refractivity contribution in [1.82, 2.24) is 4.57 Å². The predicted octanol–water partition coefficient (Wildman–Crippen LogP) is 7.01. The number of benzene rings is 3. The van der Waals surface area contributed by atoms with Crippen LogP contribution in [-0.4, -0.2) is 4.57 Å². The number of nitrogens with zero attached hydrogens (tertiary/aromatic N) is 1. The number of para-hydroxylation sites is 1. The van der Waals surface area contributed by atoms with E-state index >= 15 is 0 Å². The maximum Gasteiger partial charge on any atom is 0.0650 e. The summed E-state index contributed by atoms with van der Waals surface area (Å²) < 4.78 is 4.54. The molecule has 1 heterocycles. The van der Waals surface area contributed by atoms with Crippen LogP contribution in [0.1, 0.15) is 11.1 Å². The third-order valence-corrected chi connectivity index (χ3v) is 6.38. The maximum atomic E-state index is 3.82. The van der Waals surface area contributed by atoms with E-state index in [2.05, 4.69) is 104 Å². The molecule has 0 atom stereocenters. The molecule has 0 fully saturated rings. The highest BCUT2D eigenvalue weighted by atomic mass is 79.9. The lowest BCUT2D eigenvalue weighted by Crippen LogP contribution is -2.00. The van der Waals surface area contributed by atoms with Gasteiger partial charge in [-0.15, -0.1) is 0 Å². The molecule has 0 unspecified atom stereocenters. The molecule has 0 aliphatic carbocycles. The molecule has 0 N–H and O–H groups in total. The van der Waals surface area contributed by atoms with Gasteiger partial charge in [-0.3, -0.25) is 0 Å². The summed E-state index contributed by atoms with van der Waals surface area (Å²) in [4.78, 5) is 0. The van der Waals surface area contributed by atoms with E-state index < -0.39 is 0 Å². The second-order valence-electron chi connectivity index (χ2n) is 5.81. The van der Waals surface area contributed by atoms with E-state index in [-0.39, 0.29) is 0 Å². The average molecular weight is 441 g/mol. The van der Waals surface area contributed by atoms with Gasteiger partial charge in [0.15, 0.2) is 0 Å². The molecule has 0 saturated carbocycles. The van der Waals surface area contributed by atoms with Gasteiger partial charge in [-0.25, -0.2) is 0 Å². The number of hydrogen-bond donors (Lipinski definition) is 0. The summed E-state index contributed by atoms with van der Waals surface area (Å²) in [5, 5.41) is 2.55. The van der Waals surface area contributed by atoms with Gasteiger partial charge in [-0.2, -0.15) is 0 Å². The van der Waals surface area contributed by atoms with Crippen LogP contribution in [0.5, 0.6) is 0 Å². The molecule has 0 spiro atoms. The van der Waals surface area contributed by atoms with Crippen LogP contribution < -0.4 is 0 Å². The average Bonchev–Trinajstić information content (AvgIpc) is 2.93. The van der Waals surface area contributed by atoms with Crippen LogP contribution >= 0.6 is 31.9 Å². The van der Waals surface area contributed by atoms with E-state index in [4.69, 9.17) is 0 Å². The Morgan fingerprint density at radius 2 is 1.62 bits per heavy atom. The molecule has 24 heavy (non-hydrogen) atoms. The minimum Gasteiger partial charge on any atom is -0.335 e. The Hall–Kier alpha value is -1.84. The van der Waals surface area contributed by atoms with Gasteiger partial charge in [-0.05, 0) is 55.1 Å². The van der Waals surface area contributed by atoms with Crippen LogP contribution in [0, 0.1) is 0 Å². The Bertz CT molecular complexity index is 1060. The van der Waals surface area contributed by atoms with Crippen molar-refractivity contribution in [3.63, 3.8) is 0 Å². The minimum absolute atomic E-state index is 0.830. The second kappa shape index (κ2) is 6.23. The Labute approximate surface area is 157 Å². The van der Waals surface area contributed by atoms with Crippen molar-refractivity contribution in [3.8, 4) is 0 Å². The standard InChI is InChI=1S/C21H15Br2N/c1-2-14-7-9-15(10-8-14)13-24-19-6-4-3-5-16(19)17-11-12-18(22)20(23)21(17)24/h2-12H,1,13H2. The molecule has 0 radical (unpaired) electrons. The zero-order valence-electron chi connectivity index (χ0n) is 13.0. The summed E-state index contributed by atoms with van der Waals surface area (Å²) >= 11 is 7.41. The zero-order chi connectivity index (χ0) is 16.7. The van der Waals surface area contributed by atoms with Crippen molar-refractivity contribution in [2.24, 2.45) is 0 Å². The van der Waals surface area contributed by atoms with Crippen LogP contribution in [0.3, 0.4) is 0 Å². The number of fused-ring (bicyclic) bond motifs is 3. The monoisotopic (exact) mass is 439 g/mol. The molecule has 0 saturated heterocycles. The Balaban J connectivity index is 1.97. The van der Waals surface area contributed by atoms with E-state index in [1.165, 1.54) is 27.4 Å². The molecule has 0 aliphatic rings. The van der Waals surface area contributed by atoms with Crippen LogP contribution in [0.2, 0.25) is 0 Å². The zero-order valence-corrected chi connectivity index (χ0v) is 16.1. The summed E-state index contributed by atoms with van der Waals surface area (Å²) in [6, 6.07) is 21.4. The third-order valence-electron chi connectivity index (χ3n) is 4.38. The largest absolute Gasteiger partial charge is 0.335 e. The lowest BCUT2D eigenvalue weighted by atomic mass is 10.1. The Morgan fingerprint density at radius 1 is 0.875 bits per heavy atom. The molecule has 118 valence electrons. The first-order valence-corrected chi connectivity index (χ1v) is 9.34. The third kappa shape index (κ3) is 2.52. The van der Waals surface area contributed by atoms with E-state index in [1.807, 2.05) is 6.08 Å². The van der Waals surface area contributed by atoms with Crippen molar-refractivity contribution in [2.75, 3.05) is 0 Å². The highest BCUT2D eigenvalue weighted by Gasteiger charge is 2.14. The summed E-state index contributed by atoms with van der Waals surface area (Å²) in [6.07, 6.45) is 1.87. The van der Waals surface area contributed by atoms with Crippen molar-refractivity contribution < 1.29 is 0 Å². The molecule has 0 bridgehead atoms. The Kier molecular flexibility index (Phi) is 4.07. The molecule has 1 aromatic heterocycles. The Morgan fingerprint density at radius 3 is 2.38 bits per heavy atom. The number of hydrogen-bond acceptors (Lipinski definition) is 0. The summed E-state index contributed by atoms with van der Waals surface area (Å²) in [5.41, 5.74) is 4.89. The normalized spacial score (nSPS) is 11.2. The fourth-order valence-corrected chi connectivity index (χ4v) is 4.06. The van der Waals surface area contributed by atoms with E-state index in [0.29, 0.717) is 0 Å². The van der Waals surface area contributed by atoms with Gasteiger partial charge in [0.05, 0.1) is 9.99 Å². The molecule has 0 aliphatic heterocycles. The molecule has 4 aromatic rings. The van der Waals surface area contributed by atoms with Crippen LogP contribution in [-0.2, 0) is 6.54 Å². The second-order valence-corrected chi connectivity index (χ2v) is 7.45. The van der Waals surface area contributed by atoms with Crippen molar-refractivity contribution in [1.29, 1.82) is 0 Å². The SMILES string of the molecule is C=Cc1ccc(Cn2c3ccccc3c3ccc(Br)c(Br)c32)cc1. The maximum absolute atomic E-state index is 3.82. The molecular weight excluding hydrogens is 426 g/mol. The molecular formula is C21H15Br2N. The van der Waals surface area contributed by atoms with Crippen LogP contribution in [0.15, 0.2) is 76.2 Å². The fourth-order valence-electron chi connectivity index (χ4n) is 3.18. The number of rotatable bonds is 3. The van der Waals surface area contributed by atoms with E-state index in [0.717, 1.165) is 21.1 Å². The first kappa shape index (κ1) is 15.7. The number of halogens is 2. The van der Waals surface area contributed by atoms with Crippen molar-refractivity contribution in [3.05, 3.63) is 87.3 Å². The van der Waals surface area contributed by atoms with Crippen molar-refractivity contribution >= 4 is 59.7 Å². The van der Waals surface area contributed by atoms with Gasteiger partial charge in [0.25, 0.3) is 0 Å².